The lowest BCUT2D eigenvalue weighted by molar-refractivity contribution is 0.0515. The molecular formula is C18H20N2O4. The first-order valence-electron chi connectivity index (χ1n) is 7.45. The molecule has 0 fully saturated rings. The molecule has 0 saturated heterocycles. The van der Waals surface area contributed by atoms with Gasteiger partial charge in [0, 0.05) is 5.56 Å². The molecule has 0 aliphatic rings. The number of carbonyl (C=O) groups is 1. The van der Waals surface area contributed by atoms with Crippen molar-refractivity contribution in [2.45, 2.75) is 20.0 Å². The van der Waals surface area contributed by atoms with Gasteiger partial charge in [0.2, 0.25) is 0 Å². The standard InChI is InChI=1S/C18H20N2O4/c1-12(2)23-16-9-5-7-14(11-16)18(21)24-20-17(19)13-6-4-8-15(10-13)22-3/h4-12H,1-3H3,(H2,19,20). The number of nitrogens with zero attached hydrogens (tertiary/aromatic N) is 1. The summed E-state index contributed by atoms with van der Waals surface area (Å²) in [5.41, 5.74) is 6.76. The molecule has 0 heterocycles. The summed E-state index contributed by atoms with van der Waals surface area (Å²) in [5.74, 6) is 0.687. The Morgan fingerprint density at radius 3 is 2.33 bits per heavy atom. The number of carbonyl (C=O) groups excluding carboxylic acids is 1. The smallest absolute Gasteiger partial charge is 0.365 e. The van der Waals surface area contributed by atoms with Crippen LogP contribution in [-0.4, -0.2) is 25.0 Å². The summed E-state index contributed by atoms with van der Waals surface area (Å²) in [6, 6.07) is 13.7. The van der Waals surface area contributed by atoms with Crippen molar-refractivity contribution in [2.24, 2.45) is 10.9 Å². The normalized spacial score (nSPS) is 11.2. The van der Waals surface area contributed by atoms with Gasteiger partial charge in [-0.3, -0.25) is 0 Å². The molecule has 0 unspecified atom stereocenters. The molecule has 0 spiro atoms. The fourth-order valence-electron chi connectivity index (χ4n) is 1.95. The summed E-state index contributed by atoms with van der Waals surface area (Å²) < 4.78 is 10.7. The van der Waals surface area contributed by atoms with E-state index in [2.05, 4.69) is 5.16 Å². The second-order valence-electron chi connectivity index (χ2n) is 5.28. The van der Waals surface area contributed by atoms with E-state index in [9.17, 15) is 4.79 Å². The van der Waals surface area contributed by atoms with Gasteiger partial charge < -0.3 is 20.0 Å². The third-order valence-corrected chi connectivity index (χ3v) is 3.03. The summed E-state index contributed by atoms with van der Waals surface area (Å²) in [6.45, 7) is 3.81. The Hall–Kier alpha value is -3.02. The van der Waals surface area contributed by atoms with Gasteiger partial charge in [0.05, 0.1) is 18.8 Å². The monoisotopic (exact) mass is 328 g/mol. The molecule has 2 N–H and O–H groups in total. The number of benzene rings is 2. The first kappa shape index (κ1) is 17.3. The molecular weight excluding hydrogens is 308 g/mol. The fraction of sp³-hybridized carbons (Fsp3) is 0.222. The zero-order valence-corrected chi connectivity index (χ0v) is 13.9. The highest BCUT2D eigenvalue weighted by atomic mass is 16.7. The van der Waals surface area contributed by atoms with Gasteiger partial charge in [-0.25, -0.2) is 4.79 Å². The van der Waals surface area contributed by atoms with Crippen molar-refractivity contribution in [3.05, 3.63) is 59.7 Å². The summed E-state index contributed by atoms with van der Waals surface area (Å²) in [7, 11) is 1.55. The average molecular weight is 328 g/mol. The largest absolute Gasteiger partial charge is 0.497 e. The quantitative estimate of drug-likeness (QED) is 0.381. The lowest BCUT2D eigenvalue weighted by Crippen LogP contribution is -2.15. The Morgan fingerprint density at radius 2 is 1.67 bits per heavy atom. The zero-order valence-electron chi connectivity index (χ0n) is 13.9. The van der Waals surface area contributed by atoms with Gasteiger partial charge in [0.25, 0.3) is 0 Å². The van der Waals surface area contributed by atoms with Crippen LogP contribution in [0.4, 0.5) is 0 Å². The molecule has 0 atom stereocenters. The van der Waals surface area contributed by atoms with Gasteiger partial charge in [0.1, 0.15) is 11.5 Å². The molecule has 0 amide bonds. The number of nitrogens with two attached hydrogens (primary N) is 1. The van der Waals surface area contributed by atoms with E-state index in [1.165, 1.54) is 0 Å². The van der Waals surface area contributed by atoms with Gasteiger partial charge in [0.15, 0.2) is 5.84 Å². The van der Waals surface area contributed by atoms with E-state index in [0.29, 0.717) is 22.6 Å². The molecule has 24 heavy (non-hydrogen) atoms. The topological polar surface area (TPSA) is 83.1 Å². The first-order chi connectivity index (χ1) is 11.5. The Labute approximate surface area is 140 Å². The van der Waals surface area contributed by atoms with E-state index >= 15 is 0 Å². The van der Waals surface area contributed by atoms with Crippen LogP contribution in [0.5, 0.6) is 11.5 Å². The van der Waals surface area contributed by atoms with Gasteiger partial charge in [-0.05, 0) is 44.2 Å². The van der Waals surface area contributed by atoms with Crippen LogP contribution in [0.25, 0.3) is 0 Å². The van der Waals surface area contributed by atoms with Crippen LogP contribution >= 0.6 is 0 Å². The van der Waals surface area contributed by atoms with E-state index < -0.39 is 5.97 Å². The zero-order chi connectivity index (χ0) is 17.5. The number of rotatable bonds is 6. The molecule has 6 heteroatoms. The van der Waals surface area contributed by atoms with Crippen LogP contribution < -0.4 is 15.2 Å². The van der Waals surface area contributed by atoms with Crippen molar-refractivity contribution in [2.75, 3.05) is 7.11 Å². The predicted molar refractivity (Wildman–Crippen MR) is 91.3 cm³/mol. The molecule has 0 aliphatic carbocycles. The van der Waals surface area contributed by atoms with Crippen molar-refractivity contribution in [3.63, 3.8) is 0 Å². The molecule has 2 rings (SSSR count). The molecule has 6 nitrogen and oxygen atoms in total. The maximum absolute atomic E-state index is 12.1. The second-order valence-corrected chi connectivity index (χ2v) is 5.28. The lowest BCUT2D eigenvalue weighted by Gasteiger charge is -2.10. The summed E-state index contributed by atoms with van der Waals surface area (Å²) in [6.07, 6.45) is 0.0120. The minimum absolute atomic E-state index is 0.0120. The minimum atomic E-state index is -0.616. The first-order valence-corrected chi connectivity index (χ1v) is 7.45. The van der Waals surface area contributed by atoms with Crippen molar-refractivity contribution in [1.29, 1.82) is 0 Å². The number of hydrogen-bond donors (Lipinski definition) is 1. The molecule has 0 radical (unpaired) electrons. The Balaban J connectivity index is 2.08. The summed E-state index contributed by atoms with van der Waals surface area (Å²) >= 11 is 0. The van der Waals surface area contributed by atoms with E-state index in [1.807, 2.05) is 13.8 Å². The Morgan fingerprint density at radius 1 is 1.04 bits per heavy atom. The maximum Gasteiger partial charge on any atom is 0.365 e. The van der Waals surface area contributed by atoms with Crippen LogP contribution in [0.1, 0.15) is 29.8 Å². The van der Waals surface area contributed by atoms with Crippen LogP contribution in [0.3, 0.4) is 0 Å². The van der Waals surface area contributed by atoms with Crippen molar-refractivity contribution < 1.29 is 19.1 Å². The predicted octanol–water partition coefficient (Wildman–Crippen LogP) is 2.96. The molecule has 0 bridgehead atoms. The number of oxime groups is 1. The maximum atomic E-state index is 12.1. The minimum Gasteiger partial charge on any atom is -0.497 e. The van der Waals surface area contributed by atoms with Gasteiger partial charge in [-0.1, -0.05) is 23.4 Å². The molecule has 2 aromatic rings. The highest BCUT2D eigenvalue weighted by molar-refractivity contribution is 5.98. The highest BCUT2D eigenvalue weighted by Gasteiger charge is 2.10. The molecule has 0 aliphatic heterocycles. The average Bonchev–Trinajstić information content (AvgIpc) is 2.59. The van der Waals surface area contributed by atoms with Gasteiger partial charge in [-0.15, -0.1) is 0 Å². The number of hydrogen-bond acceptors (Lipinski definition) is 5. The third kappa shape index (κ3) is 4.74. The van der Waals surface area contributed by atoms with Crippen LogP contribution in [0, 0.1) is 0 Å². The SMILES string of the molecule is COc1cccc(/C(N)=N\OC(=O)c2cccc(OC(C)C)c2)c1. The van der Waals surface area contributed by atoms with E-state index in [0.717, 1.165) is 0 Å². The Bertz CT molecular complexity index is 741. The van der Waals surface area contributed by atoms with E-state index in [-0.39, 0.29) is 11.9 Å². The van der Waals surface area contributed by atoms with Crippen LogP contribution in [0.2, 0.25) is 0 Å². The number of amidine groups is 1. The molecule has 126 valence electrons. The molecule has 2 aromatic carbocycles. The van der Waals surface area contributed by atoms with E-state index in [1.54, 1.807) is 55.6 Å². The fourth-order valence-corrected chi connectivity index (χ4v) is 1.95. The van der Waals surface area contributed by atoms with Crippen molar-refractivity contribution in [1.82, 2.24) is 0 Å². The van der Waals surface area contributed by atoms with E-state index in [4.69, 9.17) is 20.0 Å². The Kier molecular flexibility index (Phi) is 5.78. The van der Waals surface area contributed by atoms with Gasteiger partial charge >= 0.3 is 5.97 Å². The number of methoxy groups -OCH3 is 1. The summed E-state index contributed by atoms with van der Waals surface area (Å²) in [5, 5.41) is 3.69. The second kappa shape index (κ2) is 8.01. The van der Waals surface area contributed by atoms with Gasteiger partial charge in [-0.2, -0.15) is 0 Å². The van der Waals surface area contributed by atoms with Crippen molar-refractivity contribution >= 4 is 11.8 Å². The lowest BCUT2D eigenvalue weighted by atomic mass is 10.2. The molecule has 0 aromatic heterocycles. The van der Waals surface area contributed by atoms with Crippen LogP contribution in [0.15, 0.2) is 53.7 Å². The van der Waals surface area contributed by atoms with Crippen LogP contribution in [-0.2, 0) is 4.84 Å². The summed E-state index contributed by atoms with van der Waals surface area (Å²) in [4.78, 5) is 17.0. The van der Waals surface area contributed by atoms with Crippen molar-refractivity contribution in [3.8, 4) is 11.5 Å². The third-order valence-electron chi connectivity index (χ3n) is 3.03. The molecule has 0 saturated carbocycles. The highest BCUT2D eigenvalue weighted by Crippen LogP contribution is 2.16. The number of ether oxygens (including phenoxy) is 2.